The Labute approximate surface area is 228 Å². The lowest BCUT2D eigenvalue weighted by atomic mass is 9.89. The van der Waals surface area contributed by atoms with Crippen molar-refractivity contribution in [1.82, 2.24) is 4.90 Å². The summed E-state index contributed by atoms with van der Waals surface area (Å²) in [4.78, 5) is 73.9. The summed E-state index contributed by atoms with van der Waals surface area (Å²) < 4.78 is 32.8. The van der Waals surface area contributed by atoms with E-state index in [0.29, 0.717) is 4.90 Å². The fourth-order valence-corrected chi connectivity index (χ4v) is 5.74. The van der Waals surface area contributed by atoms with Gasteiger partial charge >= 0.3 is 30.0 Å². The van der Waals surface area contributed by atoms with Gasteiger partial charge in [0, 0.05) is 39.0 Å². The van der Waals surface area contributed by atoms with Gasteiger partial charge in [0.25, 0.3) is 0 Å². The molecule has 0 saturated carbocycles. The number of fused-ring (bicyclic) bond motifs is 1. The molecule has 2 heterocycles. The molecule has 2 amide bonds. The Morgan fingerprint density at radius 3 is 2.21 bits per heavy atom. The topological polar surface area (TPSA) is 161 Å². The highest BCUT2D eigenvalue weighted by atomic mass is 32.2. The highest BCUT2D eigenvalue weighted by Crippen LogP contribution is 2.48. The van der Waals surface area contributed by atoms with Crippen molar-refractivity contribution in [3.05, 3.63) is 30.3 Å². The average Bonchev–Trinajstić information content (AvgIpc) is 3.20. The smallest absolute Gasteiger partial charge is 0.417 e. The van der Waals surface area contributed by atoms with Crippen LogP contribution in [0.1, 0.15) is 34.1 Å². The SMILES string of the molecule is COC(=O)[C@]1(Sc2ccccc2)C[C@@H]2OC(=O)N(C(C)=O)[C@H]2[C@H]([C@H](OC(C)=O)[C@@H](COC(C)=O)OC(C)=O)O1. The number of methoxy groups -OCH3 is 1. The predicted molar refractivity (Wildman–Crippen MR) is 131 cm³/mol. The number of thioether (sulfide) groups is 1. The minimum Gasteiger partial charge on any atom is -0.466 e. The maximum Gasteiger partial charge on any atom is 0.417 e. The molecular weight excluding hydrogens is 538 g/mol. The number of benzene rings is 1. The van der Waals surface area contributed by atoms with Crippen LogP contribution < -0.4 is 0 Å². The summed E-state index contributed by atoms with van der Waals surface area (Å²) in [6.07, 6.45) is -6.83. The Hall–Kier alpha value is -3.65. The first kappa shape index (κ1) is 29.9. The largest absolute Gasteiger partial charge is 0.466 e. The van der Waals surface area contributed by atoms with Gasteiger partial charge in [-0.15, -0.1) is 0 Å². The molecule has 2 aliphatic rings. The zero-order valence-electron chi connectivity index (χ0n) is 21.9. The van der Waals surface area contributed by atoms with Gasteiger partial charge in [-0.3, -0.25) is 19.2 Å². The van der Waals surface area contributed by atoms with Crippen LogP contribution >= 0.6 is 11.8 Å². The minimum absolute atomic E-state index is 0.231. The Bertz CT molecular complexity index is 1130. The predicted octanol–water partition coefficient (Wildman–Crippen LogP) is 1.60. The third-order valence-corrected chi connectivity index (χ3v) is 7.15. The fourth-order valence-electron chi connectivity index (χ4n) is 4.50. The number of hydrogen-bond donors (Lipinski definition) is 0. The van der Waals surface area contributed by atoms with Crippen molar-refractivity contribution in [3.8, 4) is 0 Å². The Balaban J connectivity index is 2.18. The van der Waals surface area contributed by atoms with Crippen molar-refractivity contribution in [3.63, 3.8) is 0 Å². The molecule has 1 aromatic carbocycles. The van der Waals surface area contributed by atoms with Crippen LogP contribution in [0, 0.1) is 0 Å². The molecule has 6 atom stereocenters. The maximum atomic E-state index is 13.3. The van der Waals surface area contributed by atoms with E-state index in [-0.39, 0.29) is 6.42 Å². The Morgan fingerprint density at radius 1 is 1.03 bits per heavy atom. The highest BCUT2D eigenvalue weighted by molar-refractivity contribution is 8.01. The average molecular weight is 568 g/mol. The highest BCUT2D eigenvalue weighted by Gasteiger charge is 2.63. The molecule has 2 fully saturated rings. The van der Waals surface area contributed by atoms with Crippen molar-refractivity contribution in [1.29, 1.82) is 0 Å². The number of carbonyl (C=O) groups is 6. The lowest BCUT2D eigenvalue weighted by molar-refractivity contribution is -0.219. The van der Waals surface area contributed by atoms with Gasteiger partial charge in [0.15, 0.2) is 12.2 Å². The summed E-state index contributed by atoms with van der Waals surface area (Å²) >= 11 is 0.963. The molecule has 13 nitrogen and oxygen atoms in total. The quantitative estimate of drug-likeness (QED) is 0.313. The second-order valence-electron chi connectivity index (χ2n) is 8.77. The summed E-state index contributed by atoms with van der Waals surface area (Å²) in [5.74, 6) is -3.92. The van der Waals surface area contributed by atoms with Crippen molar-refractivity contribution in [2.24, 2.45) is 0 Å². The molecule has 39 heavy (non-hydrogen) atoms. The summed E-state index contributed by atoms with van der Waals surface area (Å²) in [6, 6.07) is 7.47. The molecule has 0 radical (unpaired) electrons. The summed E-state index contributed by atoms with van der Waals surface area (Å²) in [5, 5.41) is 0. The van der Waals surface area contributed by atoms with E-state index in [1.165, 1.54) is 0 Å². The maximum absolute atomic E-state index is 13.3. The van der Waals surface area contributed by atoms with Gasteiger partial charge in [-0.2, -0.15) is 0 Å². The first-order valence-corrected chi connectivity index (χ1v) is 12.7. The number of rotatable bonds is 9. The zero-order chi connectivity index (χ0) is 28.9. The van der Waals surface area contributed by atoms with E-state index in [2.05, 4.69) is 0 Å². The molecule has 0 N–H and O–H groups in total. The van der Waals surface area contributed by atoms with E-state index < -0.39 is 77.9 Å². The van der Waals surface area contributed by atoms with Gasteiger partial charge < -0.3 is 28.4 Å². The molecular formula is C25H29NO12S. The normalized spacial score (nSPS) is 25.4. The second kappa shape index (κ2) is 12.5. The van der Waals surface area contributed by atoms with Gasteiger partial charge in [0.2, 0.25) is 10.8 Å². The van der Waals surface area contributed by atoms with Gasteiger partial charge in [-0.1, -0.05) is 30.0 Å². The van der Waals surface area contributed by atoms with Crippen molar-refractivity contribution in [2.45, 2.75) is 74.4 Å². The third-order valence-electron chi connectivity index (χ3n) is 5.88. The van der Waals surface area contributed by atoms with E-state index in [1.807, 2.05) is 0 Å². The van der Waals surface area contributed by atoms with E-state index in [1.54, 1.807) is 30.3 Å². The van der Waals surface area contributed by atoms with Crippen LogP contribution in [0.2, 0.25) is 0 Å². The van der Waals surface area contributed by atoms with Crippen LogP contribution in [0.3, 0.4) is 0 Å². The lowest BCUT2D eigenvalue weighted by Gasteiger charge is -2.46. The van der Waals surface area contributed by atoms with Gasteiger partial charge in [-0.05, 0) is 12.1 Å². The van der Waals surface area contributed by atoms with Crippen molar-refractivity contribution >= 4 is 47.6 Å². The third kappa shape index (κ3) is 6.87. The first-order valence-electron chi connectivity index (χ1n) is 11.9. The van der Waals surface area contributed by atoms with E-state index >= 15 is 0 Å². The van der Waals surface area contributed by atoms with Gasteiger partial charge in [0.05, 0.1) is 7.11 Å². The number of amides is 2. The number of esters is 4. The number of ether oxygens (including phenoxy) is 6. The molecule has 0 unspecified atom stereocenters. The molecule has 2 saturated heterocycles. The molecule has 14 heteroatoms. The summed E-state index contributed by atoms with van der Waals surface area (Å²) in [7, 11) is 1.15. The Kier molecular flexibility index (Phi) is 9.56. The van der Waals surface area contributed by atoms with Crippen molar-refractivity contribution in [2.75, 3.05) is 13.7 Å². The molecule has 0 spiro atoms. The van der Waals surface area contributed by atoms with Crippen LogP contribution in [-0.4, -0.2) is 89.9 Å². The molecule has 3 rings (SSSR count). The van der Waals surface area contributed by atoms with Crippen LogP contribution in [-0.2, 0) is 52.4 Å². The second-order valence-corrected chi connectivity index (χ2v) is 10.1. The summed E-state index contributed by atoms with van der Waals surface area (Å²) in [6.45, 7) is 3.86. The van der Waals surface area contributed by atoms with Crippen LogP contribution in [0.5, 0.6) is 0 Å². The first-order chi connectivity index (χ1) is 18.4. The minimum atomic E-state index is -1.85. The number of carbonyl (C=O) groups excluding carboxylic acids is 6. The zero-order valence-corrected chi connectivity index (χ0v) is 22.8. The molecule has 0 aromatic heterocycles. The van der Waals surface area contributed by atoms with Crippen LogP contribution in [0.25, 0.3) is 0 Å². The standard InChI is InChI=1S/C25H29NO12S/c1-13(27)26-20-18(37-24(26)32)11-25(23(31)33-5,39-17-9-7-6-8-10-17)38-22(20)21(36-16(4)30)19(35-15(3)29)12-34-14(2)28/h6-10,18-22H,11-12H2,1-5H3/t18-,19+,20+,21+,22+,25+/m0/s1. The van der Waals surface area contributed by atoms with Crippen molar-refractivity contribution < 1.29 is 57.2 Å². The molecule has 1 aromatic rings. The number of imide groups is 1. The monoisotopic (exact) mass is 567 g/mol. The molecule has 2 aliphatic heterocycles. The Morgan fingerprint density at radius 2 is 1.67 bits per heavy atom. The van der Waals surface area contributed by atoms with E-state index in [0.717, 1.165) is 51.5 Å². The summed E-state index contributed by atoms with van der Waals surface area (Å²) in [5.41, 5.74) is 0. The number of hydrogen-bond acceptors (Lipinski definition) is 13. The fraction of sp³-hybridized carbons (Fsp3) is 0.520. The van der Waals surface area contributed by atoms with Crippen LogP contribution in [0.4, 0.5) is 4.79 Å². The molecule has 0 bridgehead atoms. The van der Waals surface area contributed by atoms with Gasteiger partial charge in [0.1, 0.15) is 24.9 Å². The number of nitrogens with zero attached hydrogens (tertiary/aromatic N) is 1. The molecule has 0 aliphatic carbocycles. The van der Waals surface area contributed by atoms with Crippen LogP contribution in [0.15, 0.2) is 35.2 Å². The molecule has 212 valence electrons. The van der Waals surface area contributed by atoms with E-state index in [4.69, 9.17) is 28.4 Å². The van der Waals surface area contributed by atoms with E-state index in [9.17, 15) is 28.8 Å². The lowest BCUT2D eigenvalue weighted by Crippen LogP contribution is -2.65. The van der Waals surface area contributed by atoms with Gasteiger partial charge in [-0.25, -0.2) is 14.5 Å².